The number of allylic oxidation sites excluding steroid dienone is 7. The van der Waals surface area contributed by atoms with Crippen LogP contribution in [0.2, 0.25) is 0 Å². The van der Waals surface area contributed by atoms with Crippen molar-refractivity contribution in [1.29, 1.82) is 0 Å². The van der Waals surface area contributed by atoms with Crippen LogP contribution in [0, 0.1) is 16.7 Å². The van der Waals surface area contributed by atoms with Crippen molar-refractivity contribution in [3.8, 4) is 0 Å². The molecule has 3 aliphatic rings. The molecule has 1 fully saturated rings. The molecule has 3 rings (SSSR count). The van der Waals surface area contributed by atoms with Crippen LogP contribution in [0.4, 0.5) is 0 Å². The van der Waals surface area contributed by atoms with Crippen molar-refractivity contribution in [3.63, 3.8) is 0 Å². The number of fused-ring (bicyclic) bond motifs is 3. The molecule has 0 aromatic rings. The Kier molecular flexibility index (Phi) is 5.72. The molecular weight excluding hydrogens is 380 g/mol. The van der Waals surface area contributed by atoms with Gasteiger partial charge in [0.2, 0.25) is 5.78 Å². The standard InChI is InChI=1S/C25H32O5/c1-14(2)9-20(27)30-13-24(5)11-17(26)12-25(6)19(24)8-7-16-10-18(15(3)4)22(28)23(29)21(16)25/h7-10,15,17,26,29H,11-13H2,1-6H3. The minimum atomic E-state index is -0.724. The second kappa shape index (κ2) is 7.69. The number of esters is 1. The van der Waals surface area contributed by atoms with Gasteiger partial charge in [-0.2, -0.15) is 0 Å². The summed E-state index contributed by atoms with van der Waals surface area (Å²) in [5, 5.41) is 21.7. The summed E-state index contributed by atoms with van der Waals surface area (Å²) in [6.45, 7) is 11.5. The van der Waals surface area contributed by atoms with Crippen LogP contribution in [-0.4, -0.2) is 34.7 Å². The third-order valence-electron chi connectivity index (χ3n) is 6.43. The first-order valence-corrected chi connectivity index (χ1v) is 10.5. The number of carbonyl (C=O) groups excluding carboxylic acids is 2. The molecule has 30 heavy (non-hydrogen) atoms. The largest absolute Gasteiger partial charge is 0.504 e. The normalized spacial score (nSPS) is 30.7. The SMILES string of the molecule is CC(C)=CC(=O)OCC1(C)CC(O)CC2(C)C1=CC=C1C=C(C(C)C)C(=O)C(O)=C12. The zero-order valence-electron chi connectivity index (χ0n) is 18.7. The Morgan fingerprint density at radius 1 is 1.27 bits per heavy atom. The molecule has 0 heterocycles. The second-order valence-corrected chi connectivity index (χ2v) is 9.79. The molecule has 0 radical (unpaired) electrons. The third kappa shape index (κ3) is 3.71. The number of hydrogen-bond donors (Lipinski definition) is 2. The second-order valence-electron chi connectivity index (χ2n) is 9.79. The Hall–Kier alpha value is -2.40. The van der Waals surface area contributed by atoms with E-state index in [-0.39, 0.29) is 24.1 Å². The van der Waals surface area contributed by atoms with Gasteiger partial charge < -0.3 is 14.9 Å². The molecule has 3 unspecified atom stereocenters. The number of ether oxygens (including phenoxy) is 1. The van der Waals surface area contributed by atoms with E-state index in [0.717, 1.165) is 16.7 Å². The highest BCUT2D eigenvalue weighted by Crippen LogP contribution is 2.59. The monoisotopic (exact) mass is 412 g/mol. The van der Waals surface area contributed by atoms with Crippen LogP contribution in [0.3, 0.4) is 0 Å². The highest BCUT2D eigenvalue weighted by Gasteiger charge is 2.53. The van der Waals surface area contributed by atoms with Crippen molar-refractivity contribution in [2.45, 2.75) is 60.5 Å². The molecule has 0 spiro atoms. The maximum absolute atomic E-state index is 12.8. The summed E-state index contributed by atoms with van der Waals surface area (Å²) in [6.07, 6.45) is 7.42. The van der Waals surface area contributed by atoms with E-state index in [2.05, 4.69) is 0 Å². The molecule has 162 valence electrons. The van der Waals surface area contributed by atoms with E-state index in [1.807, 2.05) is 59.8 Å². The molecular formula is C25H32O5. The Bertz CT molecular complexity index is 939. The number of ketones is 1. The molecule has 2 N–H and O–H groups in total. The van der Waals surface area contributed by atoms with Crippen LogP contribution in [0.25, 0.3) is 0 Å². The smallest absolute Gasteiger partial charge is 0.330 e. The molecule has 0 aromatic carbocycles. The molecule has 5 nitrogen and oxygen atoms in total. The van der Waals surface area contributed by atoms with E-state index in [1.54, 1.807) is 0 Å². The van der Waals surface area contributed by atoms with Gasteiger partial charge in [-0.25, -0.2) is 4.79 Å². The molecule has 0 bridgehead atoms. The van der Waals surface area contributed by atoms with Gasteiger partial charge in [-0.05, 0) is 44.3 Å². The van der Waals surface area contributed by atoms with Crippen LogP contribution in [0.15, 0.2) is 57.9 Å². The topological polar surface area (TPSA) is 83.8 Å². The average Bonchev–Trinajstić information content (AvgIpc) is 2.61. The summed E-state index contributed by atoms with van der Waals surface area (Å²) in [5.41, 5.74) is 2.43. The Morgan fingerprint density at radius 2 is 1.93 bits per heavy atom. The van der Waals surface area contributed by atoms with E-state index >= 15 is 0 Å². The molecule has 0 amide bonds. The lowest BCUT2D eigenvalue weighted by atomic mass is 9.53. The fourth-order valence-electron chi connectivity index (χ4n) is 5.22. The Morgan fingerprint density at radius 3 is 2.53 bits per heavy atom. The van der Waals surface area contributed by atoms with Gasteiger partial charge in [0.15, 0.2) is 5.76 Å². The lowest BCUT2D eigenvalue weighted by Crippen LogP contribution is -2.47. The summed E-state index contributed by atoms with van der Waals surface area (Å²) in [4.78, 5) is 24.9. The van der Waals surface area contributed by atoms with Gasteiger partial charge in [0.1, 0.15) is 6.61 Å². The van der Waals surface area contributed by atoms with Gasteiger partial charge in [0, 0.05) is 28.1 Å². The molecule has 3 aliphatic carbocycles. The first kappa shape index (κ1) is 22.3. The summed E-state index contributed by atoms with van der Waals surface area (Å²) in [7, 11) is 0. The molecule has 5 heteroatoms. The third-order valence-corrected chi connectivity index (χ3v) is 6.43. The average molecular weight is 413 g/mol. The van der Waals surface area contributed by atoms with Crippen molar-refractivity contribution in [1.82, 2.24) is 0 Å². The predicted molar refractivity (Wildman–Crippen MR) is 116 cm³/mol. The highest BCUT2D eigenvalue weighted by molar-refractivity contribution is 6.10. The minimum Gasteiger partial charge on any atom is -0.504 e. The number of aliphatic hydroxyl groups excluding tert-OH is 2. The molecule has 1 saturated carbocycles. The van der Waals surface area contributed by atoms with E-state index in [4.69, 9.17) is 4.74 Å². The van der Waals surface area contributed by atoms with E-state index in [9.17, 15) is 19.8 Å². The summed E-state index contributed by atoms with van der Waals surface area (Å²) < 4.78 is 5.52. The summed E-state index contributed by atoms with van der Waals surface area (Å²) in [6, 6.07) is 0. The number of aliphatic hydroxyl groups is 2. The fourth-order valence-corrected chi connectivity index (χ4v) is 5.22. The first-order chi connectivity index (χ1) is 13.9. The van der Waals surface area contributed by atoms with Crippen LogP contribution < -0.4 is 0 Å². The molecule has 0 aliphatic heterocycles. The van der Waals surface area contributed by atoms with Gasteiger partial charge in [0.25, 0.3) is 0 Å². The maximum Gasteiger partial charge on any atom is 0.330 e. The van der Waals surface area contributed by atoms with Crippen LogP contribution in [-0.2, 0) is 14.3 Å². The highest BCUT2D eigenvalue weighted by atomic mass is 16.5. The lowest BCUT2D eigenvalue weighted by molar-refractivity contribution is -0.142. The van der Waals surface area contributed by atoms with Crippen molar-refractivity contribution >= 4 is 11.8 Å². The van der Waals surface area contributed by atoms with Crippen molar-refractivity contribution in [2.24, 2.45) is 16.7 Å². The van der Waals surface area contributed by atoms with E-state index < -0.39 is 22.9 Å². The van der Waals surface area contributed by atoms with Crippen molar-refractivity contribution in [3.05, 3.63) is 57.9 Å². The number of Topliss-reactive ketones (excluding diaryl/α,β-unsaturated/α-hetero) is 1. The van der Waals surface area contributed by atoms with Crippen LogP contribution in [0.1, 0.15) is 54.4 Å². The van der Waals surface area contributed by atoms with Gasteiger partial charge in [-0.15, -0.1) is 0 Å². The lowest BCUT2D eigenvalue weighted by Gasteiger charge is -2.52. The fraction of sp³-hybridized carbons (Fsp3) is 0.520. The number of rotatable bonds is 4. The summed E-state index contributed by atoms with van der Waals surface area (Å²) >= 11 is 0. The van der Waals surface area contributed by atoms with Crippen LogP contribution >= 0.6 is 0 Å². The zero-order valence-corrected chi connectivity index (χ0v) is 18.7. The maximum atomic E-state index is 12.8. The quantitative estimate of drug-likeness (QED) is 0.524. The van der Waals surface area contributed by atoms with Gasteiger partial charge in [0.05, 0.1) is 6.10 Å². The van der Waals surface area contributed by atoms with Crippen LogP contribution in [0.5, 0.6) is 0 Å². The van der Waals surface area contributed by atoms with Gasteiger partial charge >= 0.3 is 5.97 Å². The Labute approximate surface area is 178 Å². The van der Waals surface area contributed by atoms with E-state index in [0.29, 0.717) is 24.0 Å². The molecule has 0 saturated heterocycles. The summed E-state index contributed by atoms with van der Waals surface area (Å²) in [5.74, 6) is -1.00. The molecule has 3 atom stereocenters. The number of carbonyl (C=O) groups is 2. The zero-order chi connectivity index (χ0) is 22.4. The first-order valence-electron chi connectivity index (χ1n) is 10.5. The predicted octanol–water partition coefficient (Wildman–Crippen LogP) is 4.51. The van der Waals surface area contributed by atoms with Crippen molar-refractivity contribution in [2.75, 3.05) is 6.61 Å². The van der Waals surface area contributed by atoms with Gasteiger partial charge in [-0.3, -0.25) is 4.79 Å². The van der Waals surface area contributed by atoms with E-state index in [1.165, 1.54) is 6.08 Å². The minimum absolute atomic E-state index is 0.00279. The van der Waals surface area contributed by atoms with Crippen molar-refractivity contribution < 1.29 is 24.5 Å². The Balaban J connectivity index is 2.06. The van der Waals surface area contributed by atoms with Gasteiger partial charge in [-0.1, -0.05) is 51.0 Å². The number of hydrogen-bond acceptors (Lipinski definition) is 5. The molecule has 0 aromatic heterocycles.